The fourth-order valence-electron chi connectivity index (χ4n) is 2.88. The molecule has 1 aliphatic heterocycles. The van der Waals surface area contributed by atoms with Crippen LogP contribution in [0, 0.1) is 0 Å². The van der Waals surface area contributed by atoms with E-state index in [4.69, 9.17) is 0 Å². The normalized spacial score (nSPS) is 13.5. The van der Waals surface area contributed by atoms with Crippen LogP contribution in [0.1, 0.15) is 11.1 Å². The Hall–Kier alpha value is -2.67. The van der Waals surface area contributed by atoms with Gasteiger partial charge in [-0.15, -0.1) is 5.10 Å². The summed E-state index contributed by atoms with van der Waals surface area (Å²) in [4.78, 5) is 22.8. The van der Waals surface area contributed by atoms with Gasteiger partial charge in [-0.3, -0.25) is 14.9 Å². The summed E-state index contributed by atoms with van der Waals surface area (Å²) >= 11 is 1.36. The van der Waals surface area contributed by atoms with E-state index in [1.165, 1.54) is 22.9 Å². The number of pyridine rings is 1. The molecule has 2 aromatic heterocycles. The number of carbonyl (C=O) groups is 1. The number of hydrogen-bond donors (Lipinski definition) is 1. The minimum absolute atomic E-state index is 0.120. The number of carbonyl (C=O) groups excluding carboxylic acids is 1. The van der Waals surface area contributed by atoms with Gasteiger partial charge in [-0.05, 0) is 29.7 Å². The average molecular weight is 351 g/mol. The molecule has 0 saturated heterocycles. The Morgan fingerprint density at radius 2 is 1.96 bits per heavy atom. The first kappa shape index (κ1) is 15.8. The van der Waals surface area contributed by atoms with Crippen LogP contribution in [-0.4, -0.2) is 43.3 Å². The van der Waals surface area contributed by atoms with E-state index in [9.17, 15) is 4.79 Å². The third-order valence-corrected chi connectivity index (χ3v) is 5.06. The number of aromatic nitrogens is 4. The second-order valence-electron chi connectivity index (χ2n) is 5.83. The van der Waals surface area contributed by atoms with Crippen LogP contribution in [0.4, 0.5) is 0 Å². The summed E-state index contributed by atoms with van der Waals surface area (Å²) in [6.07, 6.45) is 4.34. The molecule has 0 saturated carbocycles. The van der Waals surface area contributed by atoms with Gasteiger partial charge in [-0.2, -0.15) is 0 Å². The maximum Gasteiger partial charge on any atom is 0.233 e. The number of aromatic amines is 1. The lowest BCUT2D eigenvalue weighted by atomic mass is 10.00. The van der Waals surface area contributed by atoms with Crippen LogP contribution < -0.4 is 0 Å². The minimum Gasteiger partial charge on any atom is -0.337 e. The first-order chi connectivity index (χ1) is 12.3. The summed E-state index contributed by atoms with van der Waals surface area (Å²) in [7, 11) is 0. The van der Waals surface area contributed by atoms with E-state index in [-0.39, 0.29) is 5.91 Å². The van der Waals surface area contributed by atoms with Gasteiger partial charge >= 0.3 is 0 Å². The molecule has 1 amide bonds. The van der Waals surface area contributed by atoms with Crippen LogP contribution in [0.5, 0.6) is 0 Å². The largest absolute Gasteiger partial charge is 0.337 e. The van der Waals surface area contributed by atoms with Crippen LogP contribution in [0.2, 0.25) is 0 Å². The van der Waals surface area contributed by atoms with Crippen molar-refractivity contribution in [1.29, 1.82) is 0 Å². The van der Waals surface area contributed by atoms with E-state index in [0.29, 0.717) is 23.3 Å². The molecule has 1 aliphatic rings. The number of hydrogen-bond acceptors (Lipinski definition) is 5. The van der Waals surface area contributed by atoms with Gasteiger partial charge in [-0.1, -0.05) is 36.0 Å². The highest BCUT2D eigenvalue weighted by atomic mass is 32.2. The van der Waals surface area contributed by atoms with E-state index in [0.717, 1.165) is 18.5 Å². The second kappa shape index (κ2) is 7.06. The molecule has 0 radical (unpaired) electrons. The van der Waals surface area contributed by atoms with Crippen molar-refractivity contribution in [3.8, 4) is 11.4 Å². The summed E-state index contributed by atoms with van der Waals surface area (Å²) < 4.78 is 0. The molecule has 0 bridgehead atoms. The van der Waals surface area contributed by atoms with Crippen molar-refractivity contribution < 1.29 is 4.79 Å². The molecular formula is C18H17N5OS. The van der Waals surface area contributed by atoms with E-state index < -0.39 is 0 Å². The first-order valence-electron chi connectivity index (χ1n) is 8.10. The first-order valence-corrected chi connectivity index (χ1v) is 9.08. The summed E-state index contributed by atoms with van der Waals surface area (Å²) in [5.74, 6) is 1.15. The molecule has 0 unspecified atom stereocenters. The van der Waals surface area contributed by atoms with Gasteiger partial charge in [0.05, 0.1) is 5.75 Å². The van der Waals surface area contributed by atoms with Gasteiger partial charge in [0.1, 0.15) is 0 Å². The molecular weight excluding hydrogens is 334 g/mol. The minimum atomic E-state index is 0.120. The monoisotopic (exact) mass is 351 g/mol. The van der Waals surface area contributed by atoms with Crippen molar-refractivity contribution in [1.82, 2.24) is 25.1 Å². The van der Waals surface area contributed by atoms with Gasteiger partial charge in [0.2, 0.25) is 11.1 Å². The van der Waals surface area contributed by atoms with Gasteiger partial charge in [0.25, 0.3) is 0 Å². The number of benzene rings is 1. The van der Waals surface area contributed by atoms with Gasteiger partial charge in [-0.25, -0.2) is 4.98 Å². The molecule has 126 valence electrons. The molecule has 1 aromatic carbocycles. The molecule has 0 spiro atoms. The van der Waals surface area contributed by atoms with Crippen LogP contribution >= 0.6 is 11.8 Å². The van der Waals surface area contributed by atoms with Crippen LogP contribution in [-0.2, 0) is 17.8 Å². The SMILES string of the molecule is O=C(CSc1n[nH]c(-c2ccncc2)n1)N1CCc2ccccc2C1. The van der Waals surface area contributed by atoms with Crippen LogP contribution in [0.15, 0.2) is 53.9 Å². The summed E-state index contributed by atoms with van der Waals surface area (Å²) in [5, 5.41) is 7.67. The second-order valence-corrected chi connectivity index (χ2v) is 6.77. The fourth-order valence-corrected chi connectivity index (χ4v) is 3.58. The maximum absolute atomic E-state index is 12.5. The lowest BCUT2D eigenvalue weighted by molar-refractivity contribution is -0.129. The lowest BCUT2D eigenvalue weighted by Crippen LogP contribution is -2.37. The Kier molecular flexibility index (Phi) is 4.47. The van der Waals surface area contributed by atoms with E-state index in [1.807, 2.05) is 23.1 Å². The summed E-state index contributed by atoms with van der Waals surface area (Å²) in [6.45, 7) is 1.46. The number of rotatable bonds is 4. The molecule has 0 fully saturated rings. The molecule has 1 N–H and O–H groups in total. The van der Waals surface area contributed by atoms with Gasteiger partial charge < -0.3 is 4.90 Å². The van der Waals surface area contributed by atoms with E-state index in [2.05, 4.69) is 38.4 Å². The smallest absolute Gasteiger partial charge is 0.233 e. The zero-order chi connectivity index (χ0) is 17.1. The average Bonchev–Trinajstić information content (AvgIpc) is 3.15. The Morgan fingerprint density at radius 3 is 2.80 bits per heavy atom. The summed E-state index contributed by atoms with van der Waals surface area (Å²) in [6, 6.07) is 12.0. The Balaban J connectivity index is 1.36. The van der Waals surface area contributed by atoms with Crippen molar-refractivity contribution in [2.75, 3.05) is 12.3 Å². The van der Waals surface area contributed by atoms with Crippen LogP contribution in [0.3, 0.4) is 0 Å². The molecule has 7 heteroatoms. The van der Waals surface area contributed by atoms with Crippen LogP contribution in [0.25, 0.3) is 11.4 Å². The van der Waals surface area contributed by atoms with E-state index >= 15 is 0 Å². The topological polar surface area (TPSA) is 74.8 Å². The molecule has 3 aromatic rings. The third kappa shape index (κ3) is 3.56. The highest BCUT2D eigenvalue weighted by Gasteiger charge is 2.20. The molecule has 0 aliphatic carbocycles. The highest BCUT2D eigenvalue weighted by molar-refractivity contribution is 7.99. The molecule has 0 atom stereocenters. The predicted octanol–water partition coefficient (Wildman–Crippen LogP) is 2.54. The van der Waals surface area contributed by atoms with Crippen molar-refractivity contribution in [2.24, 2.45) is 0 Å². The number of H-pyrrole nitrogens is 1. The van der Waals surface area contributed by atoms with Gasteiger partial charge in [0.15, 0.2) is 5.82 Å². The molecule has 4 rings (SSSR count). The Morgan fingerprint density at radius 1 is 1.16 bits per heavy atom. The quantitative estimate of drug-likeness (QED) is 0.731. The zero-order valence-electron chi connectivity index (χ0n) is 13.6. The number of fused-ring (bicyclic) bond motifs is 1. The molecule has 6 nitrogen and oxygen atoms in total. The number of nitrogens with zero attached hydrogens (tertiary/aromatic N) is 4. The van der Waals surface area contributed by atoms with Gasteiger partial charge in [0, 0.05) is 31.0 Å². The fraction of sp³-hybridized carbons (Fsp3) is 0.222. The predicted molar refractivity (Wildman–Crippen MR) is 95.9 cm³/mol. The molecule has 3 heterocycles. The number of amides is 1. The Bertz CT molecular complexity index is 880. The highest BCUT2D eigenvalue weighted by Crippen LogP contribution is 2.22. The maximum atomic E-state index is 12.5. The van der Waals surface area contributed by atoms with E-state index in [1.54, 1.807) is 12.4 Å². The lowest BCUT2D eigenvalue weighted by Gasteiger charge is -2.28. The van der Waals surface area contributed by atoms with Crippen molar-refractivity contribution in [3.63, 3.8) is 0 Å². The van der Waals surface area contributed by atoms with Crippen molar-refractivity contribution in [3.05, 3.63) is 59.9 Å². The standard InChI is InChI=1S/C18H17N5OS/c24-16(23-10-7-13-3-1-2-4-15(13)11-23)12-25-18-20-17(21-22-18)14-5-8-19-9-6-14/h1-6,8-9H,7,10-12H2,(H,20,21,22). The number of nitrogens with one attached hydrogen (secondary N) is 1. The third-order valence-electron chi connectivity index (χ3n) is 4.23. The Labute approximate surface area is 149 Å². The van der Waals surface area contributed by atoms with Crippen molar-refractivity contribution >= 4 is 17.7 Å². The zero-order valence-corrected chi connectivity index (χ0v) is 14.4. The number of thioether (sulfide) groups is 1. The summed E-state index contributed by atoms with van der Waals surface area (Å²) in [5.41, 5.74) is 3.51. The van der Waals surface area contributed by atoms with Crippen molar-refractivity contribution in [2.45, 2.75) is 18.1 Å². The molecule has 25 heavy (non-hydrogen) atoms.